The second kappa shape index (κ2) is 5.16. The number of rotatable bonds is 3. The smallest absolute Gasteiger partial charge is 0.354 e. The Balaban J connectivity index is 2.20. The lowest BCUT2D eigenvalue weighted by Crippen LogP contribution is -1.98. The van der Waals surface area contributed by atoms with Crippen LogP contribution in [0.4, 0.5) is 0 Å². The minimum absolute atomic E-state index is 0.0152. The summed E-state index contributed by atoms with van der Waals surface area (Å²) in [4.78, 5) is 19.3. The molecule has 0 aliphatic heterocycles. The predicted octanol–water partition coefficient (Wildman–Crippen LogP) is 2.98. The van der Waals surface area contributed by atoms with Crippen LogP contribution in [0.1, 0.15) is 10.5 Å². The van der Waals surface area contributed by atoms with Gasteiger partial charge in [0.1, 0.15) is 10.7 Å². The van der Waals surface area contributed by atoms with Crippen molar-refractivity contribution >= 4 is 29.3 Å². The third kappa shape index (κ3) is 2.95. The van der Waals surface area contributed by atoms with E-state index in [1.165, 1.54) is 24.0 Å². The molecule has 0 aliphatic carbocycles. The number of pyridine rings is 2. The molecule has 6 heteroatoms. The van der Waals surface area contributed by atoms with Gasteiger partial charge >= 0.3 is 5.97 Å². The SMILES string of the molecule is O=C(O)c1ccc(Sc2ncccc2Cl)cn1. The summed E-state index contributed by atoms with van der Waals surface area (Å²) in [5, 5.41) is 9.93. The monoisotopic (exact) mass is 266 g/mol. The van der Waals surface area contributed by atoms with E-state index >= 15 is 0 Å². The average Bonchev–Trinajstić information content (AvgIpc) is 2.33. The van der Waals surface area contributed by atoms with Gasteiger partial charge in [0.05, 0.1) is 5.02 Å². The Labute approximate surface area is 107 Å². The highest BCUT2D eigenvalue weighted by molar-refractivity contribution is 7.99. The van der Waals surface area contributed by atoms with E-state index < -0.39 is 5.97 Å². The molecule has 0 spiro atoms. The summed E-state index contributed by atoms with van der Waals surface area (Å²) in [7, 11) is 0. The minimum Gasteiger partial charge on any atom is -0.477 e. The number of nitrogens with zero attached hydrogens (tertiary/aromatic N) is 2. The number of aromatic nitrogens is 2. The fraction of sp³-hybridized carbons (Fsp3) is 0. The van der Waals surface area contributed by atoms with Crippen molar-refractivity contribution in [1.29, 1.82) is 0 Å². The fourth-order valence-corrected chi connectivity index (χ4v) is 2.11. The number of halogens is 1. The second-order valence-corrected chi connectivity index (χ2v) is 4.55. The lowest BCUT2D eigenvalue weighted by molar-refractivity contribution is 0.0690. The van der Waals surface area contributed by atoms with Gasteiger partial charge in [-0.25, -0.2) is 14.8 Å². The molecule has 1 N–H and O–H groups in total. The zero-order valence-electron chi connectivity index (χ0n) is 8.50. The molecule has 0 saturated carbocycles. The number of carboxylic acid groups (broad SMARTS) is 1. The van der Waals surface area contributed by atoms with E-state index in [4.69, 9.17) is 16.7 Å². The Morgan fingerprint density at radius 1 is 1.29 bits per heavy atom. The van der Waals surface area contributed by atoms with Crippen molar-refractivity contribution in [3.8, 4) is 0 Å². The minimum atomic E-state index is -1.04. The van der Waals surface area contributed by atoms with Crippen LogP contribution in [0, 0.1) is 0 Å². The zero-order valence-corrected chi connectivity index (χ0v) is 10.1. The molecule has 0 aromatic carbocycles. The van der Waals surface area contributed by atoms with Gasteiger partial charge in [0.25, 0.3) is 0 Å². The predicted molar refractivity (Wildman–Crippen MR) is 64.6 cm³/mol. The van der Waals surface area contributed by atoms with Crippen molar-refractivity contribution in [3.63, 3.8) is 0 Å². The van der Waals surface area contributed by atoms with Crippen LogP contribution < -0.4 is 0 Å². The van der Waals surface area contributed by atoms with Crippen molar-refractivity contribution in [2.45, 2.75) is 9.92 Å². The third-order valence-electron chi connectivity index (χ3n) is 1.89. The summed E-state index contributed by atoms with van der Waals surface area (Å²) in [6.45, 7) is 0. The van der Waals surface area contributed by atoms with Crippen LogP contribution in [0.5, 0.6) is 0 Å². The summed E-state index contributed by atoms with van der Waals surface area (Å²) in [5.74, 6) is -1.04. The maximum absolute atomic E-state index is 10.6. The van der Waals surface area contributed by atoms with Gasteiger partial charge in [0, 0.05) is 17.3 Å². The quantitative estimate of drug-likeness (QED) is 0.925. The van der Waals surface area contributed by atoms with Crippen LogP contribution in [0.15, 0.2) is 46.6 Å². The Hall–Kier alpha value is -1.59. The van der Waals surface area contributed by atoms with Gasteiger partial charge in [-0.1, -0.05) is 23.4 Å². The molecule has 0 atom stereocenters. The molecule has 0 amide bonds. The first-order valence-corrected chi connectivity index (χ1v) is 5.84. The summed E-state index contributed by atoms with van der Waals surface area (Å²) in [6, 6.07) is 6.61. The van der Waals surface area contributed by atoms with E-state index in [-0.39, 0.29) is 5.69 Å². The molecule has 0 bridgehead atoms. The van der Waals surface area contributed by atoms with Crippen molar-refractivity contribution in [2.75, 3.05) is 0 Å². The Kier molecular flexibility index (Phi) is 3.61. The van der Waals surface area contributed by atoms with Crippen LogP contribution in [0.2, 0.25) is 5.02 Å². The maximum Gasteiger partial charge on any atom is 0.354 e. The van der Waals surface area contributed by atoms with Gasteiger partial charge in [-0.3, -0.25) is 0 Å². The highest BCUT2D eigenvalue weighted by Gasteiger charge is 2.06. The first kappa shape index (κ1) is 11.9. The Bertz CT molecular complexity index is 545. The van der Waals surface area contributed by atoms with E-state index in [2.05, 4.69) is 9.97 Å². The average molecular weight is 267 g/mol. The largest absolute Gasteiger partial charge is 0.477 e. The molecule has 2 heterocycles. The highest BCUT2D eigenvalue weighted by atomic mass is 35.5. The molecular formula is C11H7ClN2O2S. The van der Waals surface area contributed by atoms with Gasteiger partial charge in [-0.05, 0) is 24.3 Å². The molecule has 86 valence electrons. The first-order valence-electron chi connectivity index (χ1n) is 4.64. The van der Waals surface area contributed by atoms with E-state index in [0.29, 0.717) is 10.0 Å². The van der Waals surface area contributed by atoms with Crippen molar-refractivity contribution in [2.24, 2.45) is 0 Å². The summed E-state index contributed by atoms with van der Waals surface area (Å²) < 4.78 is 0. The van der Waals surface area contributed by atoms with Crippen molar-refractivity contribution in [1.82, 2.24) is 9.97 Å². The normalized spacial score (nSPS) is 10.2. The topological polar surface area (TPSA) is 63.1 Å². The zero-order chi connectivity index (χ0) is 12.3. The molecule has 4 nitrogen and oxygen atoms in total. The van der Waals surface area contributed by atoms with Crippen LogP contribution in [0.25, 0.3) is 0 Å². The number of carboxylic acids is 1. The molecule has 2 rings (SSSR count). The van der Waals surface area contributed by atoms with Crippen molar-refractivity contribution in [3.05, 3.63) is 47.4 Å². The van der Waals surface area contributed by atoms with Crippen molar-refractivity contribution < 1.29 is 9.90 Å². The number of aromatic carboxylic acids is 1. The van der Waals surface area contributed by atoms with E-state index in [1.807, 2.05) is 0 Å². The van der Waals surface area contributed by atoms with E-state index in [1.54, 1.807) is 24.4 Å². The van der Waals surface area contributed by atoms with E-state index in [0.717, 1.165) is 4.90 Å². The Morgan fingerprint density at radius 2 is 2.12 bits per heavy atom. The molecule has 2 aromatic heterocycles. The van der Waals surface area contributed by atoms with Gasteiger partial charge < -0.3 is 5.11 Å². The molecule has 0 aliphatic rings. The third-order valence-corrected chi connectivity index (χ3v) is 3.31. The van der Waals surface area contributed by atoms with Crippen LogP contribution in [-0.2, 0) is 0 Å². The molecule has 0 fully saturated rings. The first-order chi connectivity index (χ1) is 8.16. The standard InChI is InChI=1S/C11H7ClN2O2S/c12-8-2-1-5-13-10(8)17-7-3-4-9(11(15)16)14-6-7/h1-6H,(H,15,16). The number of hydrogen-bond donors (Lipinski definition) is 1. The van der Waals surface area contributed by atoms with Gasteiger partial charge in [-0.2, -0.15) is 0 Å². The number of carbonyl (C=O) groups is 1. The van der Waals surface area contributed by atoms with Crippen LogP contribution in [0.3, 0.4) is 0 Å². The fourth-order valence-electron chi connectivity index (χ4n) is 1.13. The summed E-state index contributed by atoms with van der Waals surface area (Å²) in [6.07, 6.45) is 3.13. The highest BCUT2D eigenvalue weighted by Crippen LogP contribution is 2.30. The number of hydrogen-bond acceptors (Lipinski definition) is 4. The Morgan fingerprint density at radius 3 is 2.71 bits per heavy atom. The van der Waals surface area contributed by atoms with Crippen LogP contribution in [-0.4, -0.2) is 21.0 Å². The lowest BCUT2D eigenvalue weighted by Gasteiger charge is -2.02. The molecular weight excluding hydrogens is 260 g/mol. The molecule has 0 radical (unpaired) electrons. The second-order valence-electron chi connectivity index (χ2n) is 3.08. The van der Waals surface area contributed by atoms with Gasteiger partial charge in [0.15, 0.2) is 0 Å². The van der Waals surface area contributed by atoms with Gasteiger partial charge in [0.2, 0.25) is 0 Å². The van der Waals surface area contributed by atoms with E-state index in [9.17, 15) is 4.79 Å². The molecule has 0 unspecified atom stereocenters. The summed E-state index contributed by atoms with van der Waals surface area (Å²) >= 11 is 7.29. The molecule has 17 heavy (non-hydrogen) atoms. The molecule has 0 saturated heterocycles. The maximum atomic E-state index is 10.6. The lowest BCUT2D eigenvalue weighted by atomic mass is 10.4. The molecule has 2 aromatic rings. The van der Waals surface area contributed by atoms with Gasteiger partial charge in [-0.15, -0.1) is 0 Å². The van der Waals surface area contributed by atoms with Crippen LogP contribution >= 0.6 is 23.4 Å². The summed E-state index contributed by atoms with van der Waals surface area (Å²) in [5.41, 5.74) is 0.0152.